The van der Waals surface area contributed by atoms with E-state index in [1.165, 1.54) is 79.4 Å². The van der Waals surface area contributed by atoms with E-state index in [-0.39, 0.29) is 0 Å². The van der Waals surface area contributed by atoms with Crippen molar-refractivity contribution in [2.75, 3.05) is 5.73 Å². The van der Waals surface area contributed by atoms with Crippen LogP contribution in [0.1, 0.15) is 4.88 Å². The number of benzene rings is 1. The van der Waals surface area contributed by atoms with Crippen molar-refractivity contribution < 1.29 is 0 Å². The van der Waals surface area contributed by atoms with Gasteiger partial charge in [-0.05, 0) is 108 Å². The van der Waals surface area contributed by atoms with Gasteiger partial charge in [0.05, 0.1) is 52.3 Å². The van der Waals surface area contributed by atoms with Gasteiger partial charge in [-0.25, -0.2) is 0 Å². The fraction of sp³-hybridized carbons (Fsp3) is 0.0435. The fourth-order valence-corrected chi connectivity index (χ4v) is 16.3. The molecule has 0 spiro atoms. The maximum Gasteiger partial charge on any atom is 0.0874 e. The number of halogens is 4. The molecule has 0 atom stereocenters. The van der Waals surface area contributed by atoms with Crippen LogP contribution >= 0.6 is 145 Å². The van der Waals surface area contributed by atoms with E-state index >= 15 is 0 Å². The molecule has 1 aromatic carbocycles. The van der Waals surface area contributed by atoms with Crippen molar-refractivity contribution in [1.82, 2.24) is 0 Å². The third kappa shape index (κ3) is 3.51. The quantitative estimate of drug-likeness (QED) is 0.172. The Kier molecular flexibility index (Phi) is 6.01. The van der Waals surface area contributed by atoms with E-state index in [9.17, 15) is 0 Å². The predicted octanol–water partition coefficient (Wildman–Crippen LogP) is 12.6. The van der Waals surface area contributed by atoms with Gasteiger partial charge in [-0.2, -0.15) is 0 Å². The minimum absolute atomic E-state index is 0.866. The van der Waals surface area contributed by atoms with Gasteiger partial charge >= 0.3 is 0 Å². The zero-order valence-corrected chi connectivity index (χ0v) is 29.2. The number of fused-ring (bicyclic) bond motifs is 6. The molecule has 0 aliphatic carbocycles. The van der Waals surface area contributed by atoms with Gasteiger partial charge in [0.2, 0.25) is 0 Å². The van der Waals surface area contributed by atoms with Crippen LogP contribution in [-0.4, -0.2) is 0 Å². The highest BCUT2D eigenvalue weighted by molar-refractivity contribution is 14.1. The van der Waals surface area contributed by atoms with Gasteiger partial charge in [0, 0.05) is 32.2 Å². The summed E-state index contributed by atoms with van der Waals surface area (Å²) in [5, 5.41) is 3.60. The molecule has 6 aromatic heterocycles. The summed E-state index contributed by atoms with van der Waals surface area (Å²) in [5.74, 6) is 0. The second-order valence-electron chi connectivity index (χ2n) is 7.72. The van der Waals surface area contributed by atoms with Gasteiger partial charge in [0.1, 0.15) is 0 Å². The van der Waals surface area contributed by atoms with E-state index in [2.05, 4.69) is 108 Å². The lowest BCUT2D eigenvalue weighted by molar-refractivity contribution is 1.62. The van der Waals surface area contributed by atoms with E-state index in [0.29, 0.717) is 0 Å². The van der Waals surface area contributed by atoms with Crippen LogP contribution in [0.3, 0.4) is 0 Å². The van der Waals surface area contributed by atoms with Crippen LogP contribution in [0.4, 0.5) is 5.00 Å². The van der Waals surface area contributed by atoms with Crippen molar-refractivity contribution in [3.8, 4) is 19.5 Å². The summed E-state index contributed by atoms with van der Waals surface area (Å²) in [6.45, 7) is 2.19. The Morgan fingerprint density at radius 2 is 1.12 bits per heavy atom. The van der Waals surface area contributed by atoms with E-state index in [0.717, 1.165) is 5.00 Å². The van der Waals surface area contributed by atoms with Gasteiger partial charge in [0.25, 0.3) is 0 Å². The maximum atomic E-state index is 6.09. The molecule has 0 saturated carbocycles. The molecule has 1 nitrogen and oxygen atoms in total. The molecule has 0 saturated heterocycles. The van der Waals surface area contributed by atoms with Crippen molar-refractivity contribution in [3.63, 3.8) is 0 Å². The Hall–Kier alpha value is 0.680. The van der Waals surface area contributed by atoms with Crippen LogP contribution in [0.2, 0.25) is 0 Å². The van der Waals surface area contributed by atoms with Gasteiger partial charge in [-0.1, -0.05) is 0 Å². The van der Waals surface area contributed by atoms with Crippen LogP contribution in [0.25, 0.3) is 58.5 Å². The van der Waals surface area contributed by atoms with Gasteiger partial charge in [-0.15, -0.1) is 68.0 Å². The summed E-state index contributed by atoms with van der Waals surface area (Å²) in [5.41, 5.74) is 6.09. The number of nitrogens with two attached hydrogens (primary N) is 1. The Balaban J connectivity index is 1.46. The molecule has 0 bridgehead atoms. The molecule has 7 rings (SSSR count). The monoisotopic (exact) mass is 903 g/mol. The van der Waals surface area contributed by atoms with E-state index in [4.69, 9.17) is 5.73 Å². The summed E-state index contributed by atoms with van der Waals surface area (Å²) >= 11 is 23.9. The zero-order valence-electron chi connectivity index (χ0n) is 16.8. The standard InChI is InChI=1S/C23H9Br2I2NS6/c1-6-2-9(26)18(29-6)22-14(24)20-16(33-22)7-3-12-8(4-11(7)30-20)17-21(31-12)15(25)23(34-17)19-10(27)5-13(28)32-19/h2-5H,28H2,1H3. The molecular formula is C23H9Br2I2NS6. The first kappa shape index (κ1) is 23.8. The number of hydrogen-bond donors (Lipinski definition) is 1. The topological polar surface area (TPSA) is 26.0 Å². The molecule has 0 aliphatic rings. The van der Waals surface area contributed by atoms with E-state index < -0.39 is 0 Å². The van der Waals surface area contributed by atoms with Crippen molar-refractivity contribution in [1.29, 1.82) is 0 Å². The number of thiophene rings is 6. The van der Waals surface area contributed by atoms with Crippen molar-refractivity contribution in [3.05, 3.63) is 45.2 Å². The zero-order chi connectivity index (χ0) is 23.5. The van der Waals surface area contributed by atoms with Crippen LogP contribution in [0.15, 0.2) is 33.2 Å². The average molecular weight is 905 g/mol. The van der Waals surface area contributed by atoms with Crippen molar-refractivity contribution in [2.24, 2.45) is 0 Å². The summed E-state index contributed by atoms with van der Waals surface area (Å²) in [7, 11) is 0. The smallest absolute Gasteiger partial charge is 0.0874 e. The molecule has 11 heteroatoms. The van der Waals surface area contributed by atoms with E-state index in [1.54, 1.807) is 11.3 Å². The van der Waals surface area contributed by atoms with Crippen molar-refractivity contribution in [2.45, 2.75) is 6.92 Å². The number of anilines is 1. The molecule has 34 heavy (non-hydrogen) atoms. The molecular weight excluding hydrogens is 896 g/mol. The Labute approximate surface area is 262 Å². The molecule has 2 N–H and O–H groups in total. The van der Waals surface area contributed by atoms with Gasteiger partial charge in [-0.3, -0.25) is 0 Å². The first-order valence-corrected chi connectivity index (χ1v) is 18.4. The molecule has 0 unspecified atom stereocenters. The van der Waals surface area contributed by atoms with E-state index in [1.807, 2.05) is 56.7 Å². The molecule has 0 fully saturated rings. The van der Waals surface area contributed by atoms with Gasteiger partial charge < -0.3 is 5.73 Å². The molecule has 6 heterocycles. The number of aryl methyl sites for hydroxylation is 1. The van der Waals surface area contributed by atoms with Crippen LogP contribution in [0.5, 0.6) is 0 Å². The van der Waals surface area contributed by atoms with Crippen LogP contribution in [-0.2, 0) is 0 Å². The normalized spacial score (nSPS) is 12.4. The third-order valence-electron chi connectivity index (χ3n) is 5.54. The lowest BCUT2D eigenvalue weighted by Gasteiger charge is -1.97. The molecule has 170 valence electrons. The van der Waals surface area contributed by atoms with Gasteiger partial charge in [0.15, 0.2) is 0 Å². The summed E-state index contributed by atoms with van der Waals surface area (Å²) in [6, 6.07) is 9.16. The fourth-order valence-electron chi connectivity index (χ4n) is 4.10. The Morgan fingerprint density at radius 1 is 0.618 bits per heavy atom. The Bertz CT molecular complexity index is 1810. The number of rotatable bonds is 2. The number of hydrogen-bond acceptors (Lipinski definition) is 7. The molecule has 0 radical (unpaired) electrons. The first-order valence-electron chi connectivity index (χ1n) is 9.80. The largest absolute Gasteiger partial charge is 0.391 e. The maximum absolute atomic E-state index is 6.09. The summed E-state index contributed by atoms with van der Waals surface area (Å²) in [6.07, 6.45) is 0. The highest BCUT2D eigenvalue weighted by atomic mass is 127. The minimum atomic E-state index is 0.866. The molecule has 0 aliphatic heterocycles. The predicted molar refractivity (Wildman–Crippen MR) is 185 cm³/mol. The van der Waals surface area contributed by atoms with Crippen molar-refractivity contribution >= 4 is 189 Å². The molecule has 7 aromatic rings. The summed E-state index contributed by atoms with van der Waals surface area (Å²) in [4.78, 5) is 6.65. The third-order valence-corrected chi connectivity index (χ3v) is 18.0. The average Bonchev–Trinajstić information content (AvgIpc) is 3.59. The Morgan fingerprint density at radius 3 is 1.56 bits per heavy atom. The lowest BCUT2D eigenvalue weighted by atomic mass is 10.2. The first-order chi connectivity index (χ1) is 16.3. The van der Waals surface area contributed by atoms with Crippen LogP contribution in [0, 0.1) is 14.1 Å². The highest BCUT2D eigenvalue weighted by Gasteiger charge is 2.23. The minimum Gasteiger partial charge on any atom is -0.391 e. The summed E-state index contributed by atoms with van der Waals surface area (Å²) < 4.78 is 13.2. The SMILES string of the molecule is Cc1cc(I)c(-c2sc3c(sc4cc5c(cc43)sc3c(Br)c(-c4sc(N)cc4I)sc35)c2Br)s1. The second-order valence-corrected chi connectivity index (χ2v) is 18.1. The molecule has 0 amide bonds. The van der Waals surface area contributed by atoms with Crippen LogP contribution < -0.4 is 5.73 Å². The second kappa shape index (κ2) is 8.60. The number of nitrogen functional groups attached to an aromatic ring is 1. The lowest BCUT2D eigenvalue weighted by Crippen LogP contribution is -1.73. The highest BCUT2D eigenvalue weighted by Crippen LogP contribution is 2.55.